The summed E-state index contributed by atoms with van der Waals surface area (Å²) in [5.41, 5.74) is 3.30. The molecule has 0 saturated carbocycles. The van der Waals surface area contributed by atoms with Gasteiger partial charge in [-0.1, -0.05) is 23.5 Å². The van der Waals surface area contributed by atoms with E-state index in [0.29, 0.717) is 24.4 Å². The summed E-state index contributed by atoms with van der Waals surface area (Å²) in [4.78, 5) is 19.9. The molecule has 1 aliphatic heterocycles. The molecule has 5 rings (SSSR count). The zero-order valence-electron chi connectivity index (χ0n) is 22.8. The maximum absolute atomic E-state index is 11.9. The Bertz CT molecular complexity index is 1320. The Labute approximate surface area is 233 Å². The Morgan fingerprint density at radius 1 is 1.00 bits per heavy atom. The van der Waals surface area contributed by atoms with E-state index in [2.05, 4.69) is 18.7 Å². The van der Waals surface area contributed by atoms with Crippen molar-refractivity contribution in [1.29, 1.82) is 0 Å². The molecule has 2 unspecified atom stereocenters. The Morgan fingerprint density at radius 2 is 1.72 bits per heavy atom. The van der Waals surface area contributed by atoms with Crippen molar-refractivity contribution >= 4 is 22.3 Å². The van der Waals surface area contributed by atoms with Gasteiger partial charge in [-0.2, -0.15) is 5.10 Å². The summed E-state index contributed by atoms with van der Waals surface area (Å²) in [6.07, 6.45) is 5.97. The van der Waals surface area contributed by atoms with Crippen LogP contribution in [0.1, 0.15) is 50.4 Å². The normalized spacial score (nSPS) is 17.9. The Kier molecular flexibility index (Phi) is 8.91. The SMILES string of the molecule is CCOC(=O)c1ccc(-c2cn3nc(-c4ccc(OCCCCCN5CC(C)OC(C)C5)cc4)sc3n2)cc1. The molecule has 2 aromatic heterocycles. The number of fused-ring (bicyclic) bond motifs is 1. The van der Waals surface area contributed by atoms with Crippen LogP contribution in [0.25, 0.3) is 26.8 Å². The summed E-state index contributed by atoms with van der Waals surface area (Å²) in [7, 11) is 0. The van der Waals surface area contributed by atoms with E-state index < -0.39 is 0 Å². The Hall–Kier alpha value is -3.27. The third-order valence-corrected chi connectivity index (χ3v) is 7.69. The number of rotatable bonds is 11. The van der Waals surface area contributed by atoms with E-state index in [4.69, 9.17) is 24.3 Å². The fourth-order valence-corrected chi connectivity index (χ4v) is 5.80. The minimum absolute atomic E-state index is 0.318. The maximum atomic E-state index is 11.9. The van der Waals surface area contributed by atoms with Crippen molar-refractivity contribution in [3.8, 4) is 27.6 Å². The van der Waals surface area contributed by atoms with E-state index in [1.165, 1.54) is 17.8 Å². The minimum Gasteiger partial charge on any atom is -0.494 e. The van der Waals surface area contributed by atoms with Gasteiger partial charge in [0.25, 0.3) is 0 Å². The van der Waals surface area contributed by atoms with Gasteiger partial charge in [-0.25, -0.2) is 14.3 Å². The fourth-order valence-electron chi connectivity index (χ4n) is 4.91. The zero-order chi connectivity index (χ0) is 27.2. The van der Waals surface area contributed by atoms with E-state index >= 15 is 0 Å². The standard InChI is InChI=1S/C30H36N4O4S/c1-4-36-29(35)25-10-8-23(9-11-25)27-20-34-30(31-27)39-28(32-34)24-12-14-26(15-13-24)37-17-7-5-6-16-33-18-21(2)38-22(3)19-33/h8-15,20-22H,4-7,16-19H2,1-3H3. The number of carbonyl (C=O) groups excluding carboxylic acids is 1. The summed E-state index contributed by atoms with van der Waals surface area (Å²) >= 11 is 1.54. The molecule has 8 nitrogen and oxygen atoms in total. The quantitative estimate of drug-likeness (QED) is 0.169. The molecular formula is C30H36N4O4S. The van der Waals surface area contributed by atoms with Gasteiger partial charge < -0.3 is 14.2 Å². The van der Waals surface area contributed by atoms with Crippen LogP contribution in [-0.2, 0) is 9.47 Å². The minimum atomic E-state index is -0.318. The topological polar surface area (TPSA) is 78.2 Å². The average Bonchev–Trinajstić information content (AvgIpc) is 3.51. The van der Waals surface area contributed by atoms with Crippen molar-refractivity contribution < 1.29 is 19.0 Å². The van der Waals surface area contributed by atoms with Gasteiger partial charge in [-0.15, -0.1) is 0 Å². The lowest BCUT2D eigenvalue weighted by Crippen LogP contribution is -2.45. The van der Waals surface area contributed by atoms with Gasteiger partial charge in [0.2, 0.25) is 4.96 Å². The molecule has 0 radical (unpaired) electrons. The summed E-state index contributed by atoms with van der Waals surface area (Å²) in [6, 6.07) is 15.4. The smallest absolute Gasteiger partial charge is 0.338 e. The first kappa shape index (κ1) is 27.3. The molecule has 3 heterocycles. The Balaban J connectivity index is 1.09. The molecule has 2 aromatic carbocycles. The van der Waals surface area contributed by atoms with Gasteiger partial charge in [0, 0.05) is 24.2 Å². The van der Waals surface area contributed by atoms with E-state index in [0.717, 1.165) is 71.6 Å². The van der Waals surface area contributed by atoms with E-state index in [-0.39, 0.29) is 5.97 Å². The molecule has 206 valence electrons. The number of aromatic nitrogens is 3. The Morgan fingerprint density at radius 3 is 2.41 bits per heavy atom. The highest BCUT2D eigenvalue weighted by atomic mass is 32.1. The third kappa shape index (κ3) is 7.03. The van der Waals surface area contributed by atoms with Crippen LogP contribution in [0.3, 0.4) is 0 Å². The first-order valence-corrected chi connectivity index (χ1v) is 14.5. The summed E-state index contributed by atoms with van der Waals surface area (Å²) in [5, 5.41) is 5.62. The van der Waals surface area contributed by atoms with Crippen LogP contribution in [0.4, 0.5) is 0 Å². The molecule has 9 heteroatoms. The van der Waals surface area contributed by atoms with Gasteiger partial charge in [-0.05, 0) is 83.0 Å². The van der Waals surface area contributed by atoms with Crippen molar-refractivity contribution in [2.75, 3.05) is 32.8 Å². The molecule has 0 amide bonds. The molecule has 1 aliphatic rings. The van der Waals surface area contributed by atoms with Gasteiger partial charge in [0.05, 0.1) is 42.9 Å². The predicted octanol–water partition coefficient (Wildman–Crippen LogP) is 5.96. The first-order chi connectivity index (χ1) is 19.0. The average molecular weight is 549 g/mol. The van der Waals surface area contributed by atoms with Crippen molar-refractivity contribution in [3.05, 3.63) is 60.3 Å². The van der Waals surface area contributed by atoms with Crippen LogP contribution in [0, 0.1) is 0 Å². The molecule has 2 atom stereocenters. The van der Waals surface area contributed by atoms with Gasteiger partial charge >= 0.3 is 5.97 Å². The number of benzene rings is 2. The first-order valence-electron chi connectivity index (χ1n) is 13.7. The maximum Gasteiger partial charge on any atom is 0.338 e. The van der Waals surface area contributed by atoms with Crippen molar-refractivity contribution in [2.45, 2.75) is 52.2 Å². The largest absolute Gasteiger partial charge is 0.494 e. The lowest BCUT2D eigenvalue weighted by molar-refractivity contribution is -0.0682. The summed E-state index contributed by atoms with van der Waals surface area (Å²) in [6.45, 7) is 10.4. The number of imidazole rings is 1. The number of ether oxygens (including phenoxy) is 3. The molecule has 0 N–H and O–H groups in total. The molecule has 0 spiro atoms. The molecule has 1 saturated heterocycles. The molecule has 39 heavy (non-hydrogen) atoms. The lowest BCUT2D eigenvalue weighted by Gasteiger charge is -2.35. The second-order valence-electron chi connectivity index (χ2n) is 10.0. The van der Waals surface area contributed by atoms with Crippen LogP contribution >= 0.6 is 11.3 Å². The predicted molar refractivity (Wildman–Crippen MR) is 153 cm³/mol. The van der Waals surface area contributed by atoms with Crippen LogP contribution < -0.4 is 4.74 Å². The van der Waals surface area contributed by atoms with E-state index in [1.54, 1.807) is 23.6 Å². The summed E-state index contributed by atoms with van der Waals surface area (Å²) < 4.78 is 18.6. The lowest BCUT2D eigenvalue weighted by atomic mass is 10.1. The highest BCUT2D eigenvalue weighted by Gasteiger charge is 2.21. The second kappa shape index (κ2) is 12.7. The van der Waals surface area contributed by atoms with Crippen molar-refractivity contribution in [2.24, 2.45) is 0 Å². The molecular weight excluding hydrogens is 512 g/mol. The number of hydrogen-bond acceptors (Lipinski definition) is 8. The van der Waals surface area contributed by atoms with Gasteiger partial charge in [0.15, 0.2) is 0 Å². The number of hydrogen-bond donors (Lipinski definition) is 0. The molecule has 0 aliphatic carbocycles. The molecule has 1 fully saturated rings. The van der Waals surface area contributed by atoms with Crippen LogP contribution in [-0.4, -0.2) is 70.5 Å². The number of morpholine rings is 1. The summed E-state index contributed by atoms with van der Waals surface area (Å²) in [5.74, 6) is 0.561. The molecule has 0 bridgehead atoms. The van der Waals surface area contributed by atoms with Crippen molar-refractivity contribution in [3.63, 3.8) is 0 Å². The van der Waals surface area contributed by atoms with Gasteiger partial charge in [0.1, 0.15) is 10.8 Å². The highest BCUT2D eigenvalue weighted by molar-refractivity contribution is 7.19. The number of carbonyl (C=O) groups is 1. The number of unbranched alkanes of at least 4 members (excludes halogenated alkanes) is 2. The van der Waals surface area contributed by atoms with Crippen molar-refractivity contribution in [1.82, 2.24) is 19.5 Å². The number of nitrogens with zero attached hydrogens (tertiary/aromatic N) is 4. The van der Waals surface area contributed by atoms with Crippen LogP contribution in [0.15, 0.2) is 54.7 Å². The number of esters is 1. The van der Waals surface area contributed by atoms with E-state index in [1.807, 2.05) is 42.6 Å². The third-order valence-electron chi connectivity index (χ3n) is 6.72. The van der Waals surface area contributed by atoms with E-state index in [9.17, 15) is 4.79 Å². The van der Waals surface area contributed by atoms with Crippen LogP contribution in [0.2, 0.25) is 0 Å². The zero-order valence-corrected chi connectivity index (χ0v) is 23.7. The van der Waals surface area contributed by atoms with Crippen LogP contribution in [0.5, 0.6) is 5.75 Å². The highest BCUT2D eigenvalue weighted by Crippen LogP contribution is 2.29. The monoisotopic (exact) mass is 548 g/mol. The second-order valence-corrected chi connectivity index (χ2v) is 11.0. The van der Waals surface area contributed by atoms with Gasteiger partial charge in [-0.3, -0.25) is 4.90 Å². The molecule has 4 aromatic rings. The fraction of sp³-hybridized carbons (Fsp3) is 0.433.